The Morgan fingerprint density at radius 1 is 1.41 bits per heavy atom. The van der Waals surface area contributed by atoms with Gasteiger partial charge in [0.2, 0.25) is 0 Å². The smallest absolute Gasteiger partial charge is 0.272 e. The number of likely N-dealkylation sites (tertiary alicyclic amines) is 1. The van der Waals surface area contributed by atoms with Gasteiger partial charge in [0.15, 0.2) is 0 Å². The molecule has 0 atom stereocenters. The molecule has 17 heavy (non-hydrogen) atoms. The summed E-state index contributed by atoms with van der Waals surface area (Å²) in [5.74, 6) is 0.814. The van der Waals surface area contributed by atoms with Gasteiger partial charge in [-0.15, -0.1) is 0 Å². The van der Waals surface area contributed by atoms with Gasteiger partial charge < -0.3 is 10.2 Å². The molecule has 2 fully saturated rings. The molecule has 1 aromatic rings. The van der Waals surface area contributed by atoms with Crippen molar-refractivity contribution in [2.24, 2.45) is 5.41 Å². The number of rotatable bonds is 2. The third-order valence-electron chi connectivity index (χ3n) is 3.98. The first kappa shape index (κ1) is 10.6. The number of carbonyl (C=O) groups excluding carboxylic acids is 1. The van der Waals surface area contributed by atoms with Crippen molar-refractivity contribution in [1.29, 1.82) is 0 Å². The van der Waals surface area contributed by atoms with E-state index in [4.69, 9.17) is 0 Å². The second-order valence-electron chi connectivity index (χ2n) is 5.17. The highest BCUT2D eigenvalue weighted by atomic mass is 16.2. The molecule has 1 saturated heterocycles. The Morgan fingerprint density at radius 2 is 2.18 bits per heavy atom. The van der Waals surface area contributed by atoms with E-state index in [1.54, 1.807) is 6.07 Å². The molecule has 0 radical (unpaired) electrons. The van der Waals surface area contributed by atoms with Crippen LogP contribution in [0.2, 0.25) is 0 Å². The van der Waals surface area contributed by atoms with Crippen LogP contribution in [0.25, 0.3) is 0 Å². The van der Waals surface area contributed by atoms with E-state index in [1.807, 2.05) is 24.1 Å². The molecule has 1 N–H and O–H groups in total. The van der Waals surface area contributed by atoms with Gasteiger partial charge >= 0.3 is 0 Å². The van der Waals surface area contributed by atoms with E-state index in [0.29, 0.717) is 11.1 Å². The maximum atomic E-state index is 12.2. The summed E-state index contributed by atoms with van der Waals surface area (Å²) in [6.45, 7) is 1.86. The van der Waals surface area contributed by atoms with Crippen LogP contribution in [0.1, 0.15) is 29.8 Å². The van der Waals surface area contributed by atoms with Crippen LogP contribution in [-0.4, -0.2) is 35.9 Å². The molecule has 0 aromatic carbocycles. The van der Waals surface area contributed by atoms with E-state index in [9.17, 15) is 4.79 Å². The Bertz CT molecular complexity index is 446. The average Bonchev–Trinajstić information content (AvgIpc) is 2.25. The number of nitrogens with one attached hydrogen (secondary N) is 1. The van der Waals surface area contributed by atoms with Crippen LogP contribution in [0, 0.1) is 5.41 Å². The van der Waals surface area contributed by atoms with Crippen LogP contribution in [-0.2, 0) is 0 Å². The molecular weight excluding hydrogens is 214 g/mol. The summed E-state index contributed by atoms with van der Waals surface area (Å²) in [4.78, 5) is 18.4. The zero-order valence-electron chi connectivity index (χ0n) is 10.1. The van der Waals surface area contributed by atoms with Crippen molar-refractivity contribution in [2.45, 2.75) is 19.3 Å². The molecule has 4 nitrogen and oxygen atoms in total. The van der Waals surface area contributed by atoms with E-state index in [1.165, 1.54) is 19.3 Å². The monoisotopic (exact) mass is 231 g/mol. The minimum atomic E-state index is 0.0691. The lowest BCUT2D eigenvalue weighted by atomic mass is 9.63. The topological polar surface area (TPSA) is 45.2 Å². The van der Waals surface area contributed by atoms with Crippen molar-refractivity contribution < 1.29 is 4.79 Å². The first-order valence-corrected chi connectivity index (χ1v) is 6.17. The SMILES string of the molecule is CNc1cccc(C(=O)N2CC3(CCC3)C2)n1. The zero-order chi connectivity index (χ0) is 11.9. The molecule has 4 heteroatoms. The third-order valence-corrected chi connectivity index (χ3v) is 3.98. The second kappa shape index (κ2) is 3.72. The average molecular weight is 231 g/mol. The van der Waals surface area contributed by atoms with Gasteiger partial charge in [-0.05, 0) is 25.0 Å². The van der Waals surface area contributed by atoms with Crippen LogP contribution >= 0.6 is 0 Å². The van der Waals surface area contributed by atoms with Gasteiger partial charge in [-0.1, -0.05) is 12.5 Å². The molecule has 1 aromatic heterocycles. The Labute approximate surface area is 101 Å². The van der Waals surface area contributed by atoms with Gasteiger partial charge in [0, 0.05) is 25.6 Å². The number of nitrogens with zero attached hydrogens (tertiary/aromatic N) is 2. The molecule has 1 spiro atoms. The normalized spacial score (nSPS) is 20.6. The fourth-order valence-corrected chi connectivity index (χ4v) is 2.76. The van der Waals surface area contributed by atoms with Crippen LogP contribution < -0.4 is 5.32 Å². The van der Waals surface area contributed by atoms with Crippen molar-refractivity contribution in [3.8, 4) is 0 Å². The fourth-order valence-electron chi connectivity index (χ4n) is 2.76. The summed E-state index contributed by atoms with van der Waals surface area (Å²) in [6, 6.07) is 5.51. The Morgan fingerprint density at radius 3 is 2.76 bits per heavy atom. The number of aromatic nitrogens is 1. The first-order chi connectivity index (χ1) is 8.22. The van der Waals surface area contributed by atoms with Crippen LogP contribution in [0.15, 0.2) is 18.2 Å². The largest absolute Gasteiger partial charge is 0.373 e. The van der Waals surface area contributed by atoms with Gasteiger partial charge in [0.05, 0.1) is 0 Å². The highest BCUT2D eigenvalue weighted by molar-refractivity contribution is 5.93. The van der Waals surface area contributed by atoms with Gasteiger partial charge in [0.1, 0.15) is 11.5 Å². The number of anilines is 1. The molecule has 1 saturated carbocycles. The summed E-state index contributed by atoms with van der Waals surface area (Å²) in [5.41, 5.74) is 1.03. The molecule has 90 valence electrons. The lowest BCUT2D eigenvalue weighted by Gasteiger charge is -2.55. The predicted octanol–water partition coefficient (Wildman–Crippen LogP) is 1.75. The maximum Gasteiger partial charge on any atom is 0.272 e. The molecule has 2 aliphatic rings. The fraction of sp³-hybridized carbons (Fsp3) is 0.538. The summed E-state index contributed by atoms with van der Waals surface area (Å²) >= 11 is 0. The van der Waals surface area contributed by atoms with Crippen LogP contribution in [0.5, 0.6) is 0 Å². The molecule has 1 aliphatic heterocycles. The van der Waals surface area contributed by atoms with E-state index < -0.39 is 0 Å². The predicted molar refractivity (Wildman–Crippen MR) is 66.0 cm³/mol. The van der Waals surface area contributed by atoms with Gasteiger partial charge in [0.25, 0.3) is 5.91 Å². The standard InChI is InChI=1S/C13H17N3O/c1-14-11-5-2-4-10(15-11)12(17)16-8-13(9-16)6-3-7-13/h2,4-5H,3,6-9H2,1H3,(H,14,15). The molecule has 3 rings (SSSR count). The molecule has 0 bridgehead atoms. The van der Waals surface area contributed by atoms with E-state index in [-0.39, 0.29) is 5.91 Å². The summed E-state index contributed by atoms with van der Waals surface area (Å²) in [5, 5.41) is 2.95. The van der Waals surface area contributed by atoms with Crippen molar-refractivity contribution >= 4 is 11.7 Å². The summed E-state index contributed by atoms with van der Waals surface area (Å²) in [6.07, 6.45) is 3.91. The third kappa shape index (κ3) is 1.68. The minimum absolute atomic E-state index is 0.0691. The molecule has 1 aliphatic carbocycles. The number of amides is 1. The van der Waals surface area contributed by atoms with Crippen molar-refractivity contribution in [2.75, 3.05) is 25.5 Å². The van der Waals surface area contributed by atoms with Crippen molar-refractivity contribution in [3.63, 3.8) is 0 Å². The number of carbonyl (C=O) groups is 1. The van der Waals surface area contributed by atoms with Crippen LogP contribution in [0.4, 0.5) is 5.82 Å². The molecule has 1 amide bonds. The van der Waals surface area contributed by atoms with E-state index in [2.05, 4.69) is 10.3 Å². The number of hydrogen-bond acceptors (Lipinski definition) is 3. The second-order valence-corrected chi connectivity index (χ2v) is 5.17. The molecule has 2 heterocycles. The number of hydrogen-bond donors (Lipinski definition) is 1. The highest BCUT2D eigenvalue weighted by Gasteiger charge is 2.49. The Kier molecular flexibility index (Phi) is 2.31. The lowest BCUT2D eigenvalue weighted by molar-refractivity contribution is -0.0428. The van der Waals surface area contributed by atoms with Gasteiger partial charge in [-0.3, -0.25) is 4.79 Å². The quantitative estimate of drug-likeness (QED) is 0.843. The van der Waals surface area contributed by atoms with Crippen LogP contribution in [0.3, 0.4) is 0 Å². The maximum absolute atomic E-state index is 12.2. The molecule has 0 unspecified atom stereocenters. The summed E-state index contributed by atoms with van der Waals surface area (Å²) < 4.78 is 0. The number of pyridine rings is 1. The summed E-state index contributed by atoms with van der Waals surface area (Å²) in [7, 11) is 1.81. The first-order valence-electron chi connectivity index (χ1n) is 6.17. The lowest BCUT2D eigenvalue weighted by Crippen LogP contribution is -2.61. The molecular formula is C13H17N3O. The van der Waals surface area contributed by atoms with E-state index >= 15 is 0 Å². The zero-order valence-corrected chi connectivity index (χ0v) is 10.1. The van der Waals surface area contributed by atoms with Gasteiger partial charge in [-0.2, -0.15) is 0 Å². The highest BCUT2D eigenvalue weighted by Crippen LogP contribution is 2.48. The van der Waals surface area contributed by atoms with Crippen molar-refractivity contribution in [1.82, 2.24) is 9.88 Å². The Balaban J connectivity index is 1.69. The van der Waals surface area contributed by atoms with Crippen molar-refractivity contribution in [3.05, 3.63) is 23.9 Å². The minimum Gasteiger partial charge on any atom is -0.373 e. The Hall–Kier alpha value is -1.58. The van der Waals surface area contributed by atoms with E-state index in [0.717, 1.165) is 18.9 Å². The van der Waals surface area contributed by atoms with Gasteiger partial charge in [-0.25, -0.2) is 4.98 Å².